The Morgan fingerprint density at radius 2 is 2.33 bits per heavy atom. The van der Waals surface area contributed by atoms with Crippen LogP contribution in [0.25, 0.3) is 0 Å². The molecule has 4 heteroatoms. The van der Waals surface area contributed by atoms with Crippen molar-refractivity contribution in [1.82, 2.24) is 0 Å². The zero-order valence-electron chi connectivity index (χ0n) is 8.44. The highest BCUT2D eigenvalue weighted by molar-refractivity contribution is 9.10. The fourth-order valence-corrected chi connectivity index (χ4v) is 1.63. The van der Waals surface area contributed by atoms with E-state index < -0.39 is 12.1 Å². The molecule has 0 radical (unpaired) electrons. The number of carbonyl (C=O) groups is 1. The lowest BCUT2D eigenvalue weighted by Crippen LogP contribution is -2.22. The molecule has 0 amide bonds. The fraction of sp³-hybridized carbons (Fsp3) is 0.364. The minimum absolute atomic E-state index is 0.324. The second-order valence-electron chi connectivity index (χ2n) is 3.18. The molecular weight excluding hydrogens is 260 g/mol. The van der Waals surface area contributed by atoms with E-state index in [-0.39, 0.29) is 0 Å². The van der Waals surface area contributed by atoms with Gasteiger partial charge >= 0.3 is 5.97 Å². The van der Waals surface area contributed by atoms with Gasteiger partial charge < -0.3 is 9.84 Å². The summed E-state index contributed by atoms with van der Waals surface area (Å²) in [5.41, 5.74) is 0.962. The molecule has 1 rings (SSSR count). The van der Waals surface area contributed by atoms with E-state index in [1.165, 1.54) is 0 Å². The third-order valence-electron chi connectivity index (χ3n) is 1.99. The Balaban J connectivity index is 2.52. The number of ether oxygens (including phenoxy) is 1. The van der Waals surface area contributed by atoms with Gasteiger partial charge in [-0.05, 0) is 24.1 Å². The summed E-state index contributed by atoms with van der Waals surface area (Å²) in [4.78, 5) is 10.7. The number of hydrogen-bond donors (Lipinski definition) is 1. The SMILES string of the molecule is CCC(OCc1cccc(Br)c1)C(=O)O. The Bertz CT molecular complexity index is 338. The maximum Gasteiger partial charge on any atom is 0.332 e. The maximum absolute atomic E-state index is 10.7. The molecule has 0 bridgehead atoms. The molecule has 0 heterocycles. The van der Waals surface area contributed by atoms with Gasteiger partial charge in [0.15, 0.2) is 6.10 Å². The highest BCUT2D eigenvalue weighted by atomic mass is 79.9. The average Bonchev–Trinajstić information content (AvgIpc) is 2.18. The summed E-state index contributed by atoms with van der Waals surface area (Å²) in [6.45, 7) is 2.12. The molecule has 1 N–H and O–H groups in total. The van der Waals surface area contributed by atoms with Gasteiger partial charge in [0.1, 0.15) is 0 Å². The van der Waals surface area contributed by atoms with Crippen molar-refractivity contribution in [3.63, 3.8) is 0 Å². The van der Waals surface area contributed by atoms with E-state index in [2.05, 4.69) is 15.9 Å². The van der Waals surface area contributed by atoms with Crippen LogP contribution < -0.4 is 0 Å². The van der Waals surface area contributed by atoms with Crippen LogP contribution in [0.15, 0.2) is 28.7 Å². The van der Waals surface area contributed by atoms with Gasteiger partial charge in [0.2, 0.25) is 0 Å². The molecular formula is C11H13BrO3. The predicted molar refractivity (Wildman–Crippen MR) is 60.6 cm³/mol. The first kappa shape index (κ1) is 12.2. The van der Waals surface area contributed by atoms with Crippen LogP contribution in [0.3, 0.4) is 0 Å². The number of halogens is 1. The smallest absolute Gasteiger partial charge is 0.332 e. The van der Waals surface area contributed by atoms with E-state index in [1.807, 2.05) is 24.3 Å². The highest BCUT2D eigenvalue weighted by Crippen LogP contribution is 2.13. The summed E-state index contributed by atoms with van der Waals surface area (Å²) in [5, 5.41) is 8.77. The lowest BCUT2D eigenvalue weighted by molar-refractivity contribution is -0.151. The monoisotopic (exact) mass is 272 g/mol. The summed E-state index contributed by atoms with van der Waals surface area (Å²) < 4.78 is 6.24. The Hall–Kier alpha value is -0.870. The van der Waals surface area contributed by atoms with Crippen LogP contribution in [0.1, 0.15) is 18.9 Å². The minimum atomic E-state index is -0.910. The summed E-state index contributed by atoms with van der Waals surface area (Å²) >= 11 is 3.34. The lowest BCUT2D eigenvalue weighted by atomic mass is 10.2. The quantitative estimate of drug-likeness (QED) is 0.897. The van der Waals surface area contributed by atoms with Crippen molar-refractivity contribution in [2.75, 3.05) is 0 Å². The lowest BCUT2D eigenvalue weighted by Gasteiger charge is -2.11. The molecule has 0 aliphatic carbocycles. The molecule has 1 aromatic rings. The van der Waals surface area contributed by atoms with Crippen molar-refractivity contribution in [3.8, 4) is 0 Å². The van der Waals surface area contributed by atoms with Gasteiger partial charge in [-0.3, -0.25) is 0 Å². The highest BCUT2D eigenvalue weighted by Gasteiger charge is 2.14. The Morgan fingerprint density at radius 3 is 2.87 bits per heavy atom. The Kier molecular flexibility index (Phi) is 4.78. The van der Waals surface area contributed by atoms with Crippen LogP contribution in [0.2, 0.25) is 0 Å². The molecule has 15 heavy (non-hydrogen) atoms. The predicted octanol–water partition coefficient (Wildman–Crippen LogP) is 2.83. The summed E-state index contributed by atoms with van der Waals surface area (Å²) in [5.74, 6) is -0.910. The molecule has 0 fully saturated rings. The van der Waals surface area contributed by atoms with Crippen molar-refractivity contribution < 1.29 is 14.6 Å². The molecule has 82 valence electrons. The molecule has 1 atom stereocenters. The van der Waals surface area contributed by atoms with Crippen molar-refractivity contribution in [1.29, 1.82) is 0 Å². The molecule has 1 unspecified atom stereocenters. The minimum Gasteiger partial charge on any atom is -0.479 e. The zero-order chi connectivity index (χ0) is 11.3. The molecule has 0 aliphatic rings. The summed E-state index contributed by atoms with van der Waals surface area (Å²) in [7, 11) is 0. The van der Waals surface area contributed by atoms with Crippen molar-refractivity contribution in [2.24, 2.45) is 0 Å². The van der Waals surface area contributed by atoms with E-state index in [9.17, 15) is 4.79 Å². The van der Waals surface area contributed by atoms with Crippen molar-refractivity contribution in [2.45, 2.75) is 26.1 Å². The van der Waals surface area contributed by atoms with Crippen molar-refractivity contribution >= 4 is 21.9 Å². The van der Waals surface area contributed by atoms with E-state index >= 15 is 0 Å². The number of aliphatic carboxylic acids is 1. The second kappa shape index (κ2) is 5.88. The molecule has 0 aliphatic heterocycles. The maximum atomic E-state index is 10.7. The van der Waals surface area contributed by atoms with Crippen LogP contribution >= 0.6 is 15.9 Å². The van der Waals surface area contributed by atoms with Crippen LogP contribution in [-0.4, -0.2) is 17.2 Å². The third-order valence-corrected chi connectivity index (χ3v) is 2.48. The van der Waals surface area contributed by atoms with Crippen LogP contribution in [-0.2, 0) is 16.1 Å². The molecule has 0 saturated heterocycles. The summed E-state index contributed by atoms with van der Waals surface area (Å²) in [6.07, 6.45) is -0.243. The van der Waals surface area contributed by atoms with Gasteiger partial charge in [-0.2, -0.15) is 0 Å². The Morgan fingerprint density at radius 1 is 1.60 bits per heavy atom. The standard InChI is InChI=1S/C11H13BrO3/c1-2-10(11(13)14)15-7-8-4-3-5-9(12)6-8/h3-6,10H,2,7H2,1H3,(H,13,14). The van der Waals surface area contributed by atoms with E-state index in [0.29, 0.717) is 13.0 Å². The average molecular weight is 273 g/mol. The second-order valence-corrected chi connectivity index (χ2v) is 4.09. The van der Waals surface area contributed by atoms with Crippen LogP contribution in [0.4, 0.5) is 0 Å². The zero-order valence-corrected chi connectivity index (χ0v) is 10.0. The summed E-state index contributed by atoms with van der Waals surface area (Å²) in [6, 6.07) is 7.62. The van der Waals surface area contributed by atoms with Crippen molar-refractivity contribution in [3.05, 3.63) is 34.3 Å². The number of benzene rings is 1. The molecule has 0 aromatic heterocycles. The number of carboxylic acid groups (broad SMARTS) is 1. The molecule has 1 aromatic carbocycles. The molecule has 3 nitrogen and oxygen atoms in total. The fourth-order valence-electron chi connectivity index (χ4n) is 1.19. The first-order valence-electron chi connectivity index (χ1n) is 4.72. The van der Waals surface area contributed by atoms with Gasteiger partial charge in [-0.15, -0.1) is 0 Å². The number of carboxylic acids is 1. The Labute approximate surface area is 97.2 Å². The molecule has 0 saturated carbocycles. The van der Waals surface area contributed by atoms with Gasteiger partial charge in [0.25, 0.3) is 0 Å². The largest absolute Gasteiger partial charge is 0.479 e. The normalized spacial score (nSPS) is 12.4. The number of rotatable bonds is 5. The topological polar surface area (TPSA) is 46.5 Å². The molecule has 0 spiro atoms. The van der Waals surface area contributed by atoms with E-state index in [0.717, 1.165) is 10.0 Å². The van der Waals surface area contributed by atoms with Gasteiger partial charge in [-0.1, -0.05) is 35.0 Å². The van der Waals surface area contributed by atoms with Gasteiger partial charge in [0.05, 0.1) is 6.61 Å². The van der Waals surface area contributed by atoms with Gasteiger partial charge in [-0.25, -0.2) is 4.79 Å². The van der Waals surface area contributed by atoms with E-state index in [1.54, 1.807) is 6.92 Å². The van der Waals surface area contributed by atoms with E-state index in [4.69, 9.17) is 9.84 Å². The van der Waals surface area contributed by atoms with Crippen LogP contribution in [0.5, 0.6) is 0 Å². The third kappa shape index (κ3) is 4.01. The number of hydrogen-bond acceptors (Lipinski definition) is 2. The van der Waals surface area contributed by atoms with Crippen LogP contribution in [0, 0.1) is 0 Å². The first-order valence-corrected chi connectivity index (χ1v) is 5.51. The van der Waals surface area contributed by atoms with Gasteiger partial charge in [0, 0.05) is 4.47 Å². The first-order chi connectivity index (χ1) is 7.13.